The second-order valence-electron chi connectivity index (χ2n) is 3.89. The van der Waals surface area contributed by atoms with Gasteiger partial charge in [0.15, 0.2) is 0 Å². The lowest BCUT2D eigenvalue weighted by Crippen LogP contribution is -2.00. The summed E-state index contributed by atoms with van der Waals surface area (Å²) in [4.78, 5) is 3.93. The monoisotopic (exact) mass is 217 g/mol. The smallest absolute Gasteiger partial charge is 0.0771 e. The van der Waals surface area contributed by atoms with E-state index in [1.165, 1.54) is 0 Å². The van der Waals surface area contributed by atoms with E-state index in [0.717, 1.165) is 11.4 Å². The number of rotatable bonds is 3. The third-order valence-electron chi connectivity index (χ3n) is 2.26. The predicted molar refractivity (Wildman–Crippen MR) is 64.5 cm³/mol. The normalized spacial score (nSPS) is 10.7. The molecule has 0 amide bonds. The largest absolute Gasteiger partial charge is 0.396 e. The van der Waals surface area contributed by atoms with Gasteiger partial charge in [-0.05, 0) is 19.9 Å². The molecule has 84 valence electrons. The Kier molecular flexibility index (Phi) is 2.76. The molecule has 16 heavy (non-hydrogen) atoms. The molecule has 5 nitrogen and oxygen atoms in total. The average molecular weight is 217 g/mol. The molecule has 2 aromatic rings. The number of pyridine rings is 1. The van der Waals surface area contributed by atoms with Crippen molar-refractivity contribution in [1.82, 2.24) is 14.8 Å². The average Bonchev–Trinajstić information content (AvgIpc) is 2.70. The van der Waals surface area contributed by atoms with E-state index in [-0.39, 0.29) is 0 Å². The van der Waals surface area contributed by atoms with E-state index in [1.807, 2.05) is 16.9 Å². The van der Waals surface area contributed by atoms with E-state index in [0.29, 0.717) is 11.7 Å². The number of nitrogens with zero attached hydrogens (tertiary/aromatic N) is 3. The van der Waals surface area contributed by atoms with Gasteiger partial charge in [-0.15, -0.1) is 0 Å². The molecule has 0 radical (unpaired) electrons. The van der Waals surface area contributed by atoms with E-state index in [9.17, 15) is 0 Å². The Morgan fingerprint density at radius 1 is 1.38 bits per heavy atom. The van der Waals surface area contributed by atoms with Crippen molar-refractivity contribution in [3.63, 3.8) is 0 Å². The maximum Gasteiger partial charge on any atom is 0.0771 e. The van der Waals surface area contributed by atoms with Gasteiger partial charge in [-0.25, -0.2) is 0 Å². The molecule has 0 aliphatic heterocycles. The molecule has 0 saturated carbocycles. The molecule has 0 aromatic carbocycles. The minimum atomic E-state index is 0.352. The van der Waals surface area contributed by atoms with Crippen molar-refractivity contribution in [2.45, 2.75) is 19.9 Å². The number of hydrogen-bond acceptors (Lipinski definition) is 4. The minimum absolute atomic E-state index is 0.352. The second kappa shape index (κ2) is 4.22. The Balaban J connectivity index is 2.18. The lowest BCUT2D eigenvalue weighted by Gasteiger charge is -2.06. The molecule has 0 aliphatic rings. The van der Waals surface area contributed by atoms with Crippen LogP contribution in [0.3, 0.4) is 0 Å². The summed E-state index contributed by atoms with van der Waals surface area (Å²) in [7, 11) is 0. The van der Waals surface area contributed by atoms with E-state index in [4.69, 9.17) is 5.73 Å². The van der Waals surface area contributed by atoms with Crippen LogP contribution in [0.25, 0.3) is 0 Å². The van der Waals surface area contributed by atoms with Gasteiger partial charge in [-0.2, -0.15) is 5.10 Å². The molecule has 0 bridgehead atoms. The summed E-state index contributed by atoms with van der Waals surface area (Å²) in [6, 6.07) is 2.19. The topological polar surface area (TPSA) is 68.8 Å². The Morgan fingerprint density at radius 2 is 2.19 bits per heavy atom. The van der Waals surface area contributed by atoms with E-state index in [1.54, 1.807) is 18.6 Å². The lowest BCUT2D eigenvalue weighted by atomic mass is 10.3. The lowest BCUT2D eigenvalue weighted by molar-refractivity contribution is 0.532. The van der Waals surface area contributed by atoms with Crippen molar-refractivity contribution in [1.29, 1.82) is 0 Å². The van der Waals surface area contributed by atoms with E-state index >= 15 is 0 Å². The van der Waals surface area contributed by atoms with Crippen LogP contribution < -0.4 is 11.1 Å². The Morgan fingerprint density at radius 3 is 2.81 bits per heavy atom. The first kappa shape index (κ1) is 10.5. The van der Waals surface area contributed by atoms with Crippen molar-refractivity contribution >= 4 is 17.1 Å². The molecule has 0 atom stereocenters. The molecule has 0 unspecified atom stereocenters. The summed E-state index contributed by atoms with van der Waals surface area (Å²) in [5.74, 6) is 0. The Labute approximate surface area is 94.3 Å². The molecule has 5 heteroatoms. The number of anilines is 3. The molecule has 3 N–H and O–H groups in total. The Hall–Kier alpha value is -2.04. The zero-order valence-electron chi connectivity index (χ0n) is 9.38. The van der Waals surface area contributed by atoms with Gasteiger partial charge >= 0.3 is 0 Å². The standard InChI is InChI=1S/C11H15N5/c1-8(2)16-7-9(5-14-16)15-11-3-4-13-6-10(11)12/h3-8H,12H2,1-2H3,(H,13,15). The third kappa shape index (κ3) is 2.13. The summed E-state index contributed by atoms with van der Waals surface area (Å²) in [5.41, 5.74) is 8.18. The van der Waals surface area contributed by atoms with Gasteiger partial charge in [0.2, 0.25) is 0 Å². The third-order valence-corrected chi connectivity index (χ3v) is 2.26. The van der Waals surface area contributed by atoms with Crippen LogP contribution in [0, 0.1) is 0 Å². The van der Waals surface area contributed by atoms with Gasteiger partial charge in [0.05, 0.1) is 29.5 Å². The molecule has 2 rings (SSSR count). The fourth-order valence-corrected chi connectivity index (χ4v) is 1.36. The fraction of sp³-hybridized carbons (Fsp3) is 0.273. The molecule has 0 fully saturated rings. The minimum Gasteiger partial charge on any atom is -0.396 e. The van der Waals surface area contributed by atoms with Crippen molar-refractivity contribution in [3.05, 3.63) is 30.9 Å². The van der Waals surface area contributed by atoms with Gasteiger partial charge < -0.3 is 11.1 Å². The van der Waals surface area contributed by atoms with Crippen LogP contribution >= 0.6 is 0 Å². The summed E-state index contributed by atoms with van der Waals surface area (Å²) in [6.45, 7) is 4.16. The van der Waals surface area contributed by atoms with Gasteiger partial charge in [-0.3, -0.25) is 9.67 Å². The highest BCUT2D eigenvalue weighted by molar-refractivity contribution is 5.70. The predicted octanol–water partition coefficient (Wildman–Crippen LogP) is 2.18. The number of hydrogen-bond donors (Lipinski definition) is 2. The quantitative estimate of drug-likeness (QED) is 0.826. The summed E-state index contributed by atoms with van der Waals surface area (Å²) < 4.78 is 1.89. The molecular formula is C11H15N5. The molecule has 0 aliphatic carbocycles. The molecule has 0 saturated heterocycles. The maximum atomic E-state index is 5.78. The Bertz CT molecular complexity index is 475. The van der Waals surface area contributed by atoms with E-state index < -0.39 is 0 Å². The van der Waals surface area contributed by atoms with Crippen molar-refractivity contribution < 1.29 is 0 Å². The molecule has 2 aromatic heterocycles. The van der Waals surface area contributed by atoms with Crippen LogP contribution in [0.2, 0.25) is 0 Å². The first-order valence-electron chi connectivity index (χ1n) is 5.17. The number of nitrogens with two attached hydrogens (primary N) is 1. The SMILES string of the molecule is CC(C)n1cc(Nc2ccncc2N)cn1. The summed E-state index contributed by atoms with van der Waals surface area (Å²) in [6.07, 6.45) is 7.05. The van der Waals surface area contributed by atoms with Gasteiger partial charge in [0.1, 0.15) is 0 Å². The fourth-order valence-electron chi connectivity index (χ4n) is 1.36. The first-order chi connectivity index (χ1) is 7.66. The number of aromatic nitrogens is 3. The second-order valence-corrected chi connectivity index (χ2v) is 3.89. The zero-order valence-corrected chi connectivity index (χ0v) is 9.38. The van der Waals surface area contributed by atoms with E-state index in [2.05, 4.69) is 29.2 Å². The van der Waals surface area contributed by atoms with Crippen LogP contribution in [-0.2, 0) is 0 Å². The summed E-state index contributed by atoms with van der Waals surface area (Å²) in [5, 5.41) is 7.44. The van der Waals surface area contributed by atoms with Crippen molar-refractivity contribution in [2.75, 3.05) is 11.1 Å². The number of nitrogen functional groups attached to an aromatic ring is 1. The van der Waals surface area contributed by atoms with Gasteiger partial charge in [-0.1, -0.05) is 0 Å². The highest BCUT2D eigenvalue weighted by atomic mass is 15.3. The maximum absolute atomic E-state index is 5.78. The molecule has 2 heterocycles. The van der Waals surface area contributed by atoms with Crippen LogP contribution in [0.15, 0.2) is 30.9 Å². The zero-order chi connectivity index (χ0) is 11.5. The highest BCUT2D eigenvalue weighted by Gasteiger charge is 2.03. The van der Waals surface area contributed by atoms with Crippen LogP contribution in [-0.4, -0.2) is 14.8 Å². The van der Waals surface area contributed by atoms with Crippen LogP contribution in [0.4, 0.5) is 17.1 Å². The number of nitrogens with one attached hydrogen (secondary N) is 1. The van der Waals surface area contributed by atoms with Gasteiger partial charge in [0, 0.05) is 18.4 Å². The van der Waals surface area contributed by atoms with Crippen molar-refractivity contribution in [3.8, 4) is 0 Å². The first-order valence-corrected chi connectivity index (χ1v) is 5.17. The van der Waals surface area contributed by atoms with Crippen LogP contribution in [0.1, 0.15) is 19.9 Å². The molecule has 0 spiro atoms. The summed E-state index contributed by atoms with van der Waals surface area (Å²) >= 11 is 0. The highest BCUT2D eigenvalue weighted by Crippen LogP contribution is 2.21. The van der Waals surface area contributed by atoms with Gasteiger partial charge in [0.25, 0.3) is 0 Å². The van der Waals surface area contributed by atoms with Crippen molar-refractivity contribution in [2.24, 2.45) is 0 Å². The molecular weight excluding hydrogens is 202 g/mol. The van der Waals surface area contributed by atoms with Crippen LogP contribution in [0.5, 0.6) is 0 Å².